The number of aliphatic carboxylic acids is 1. The van der Waals surface area contributed by atoms with Crippen LogP contribution in [-0.2, 0) is 30.9 Å². The number of aliphatic hydroxyl groups excluding tert-OH is 8. The fraction of sp³-hybridized carbons (Fsp3) is 0.786. The number of nitrogens with one attached hydrogen (secondary N) is 6. The number of H-pyrrole nitrogens is 2. The number of nitrogens with zero attached hydrogens (tertiary/aromatic N) is 3. The van der Waals surface area contributed by atoms with E-state index in [-0.39, 0.29) is 43.5 Å². The van der Waals surface area contributed by atoms with Crippen molar-refractivity contribution >= 4 is 23.7 Å². The molecular formula is C70H103N11O13. The number of carboxylic acid groups (broad SMARTS) is 1. The van der Waals surface area contributed by atoms with E-state index in [9.17, 15) is 46.0 Å². The van der Waals surface area contributed by atoms with Crippen LogP contribution in [0.1, 0.15) is 123 Å². The van der Waals surface area contributed by atoms with Gasteiger partial charge in [0, 0.05) is 86.7 Å². The maximum absolute atomic E-state index is 16.4. The van der Waals surface area contributed by atoms with Crippen molar-refractivity contribution in [3.63, 3.8) is 0 Å². The molecule has 6 saturated carbocycles. The second-order valence-electron chi connectivity index (χ2n) is 32.2. The van der Waals surface area contributed by atoms with Crippen LogP contribution in [0.2, 0.25) is 0 Å². The van der Waals surface area contributed by atoms with E-state index >= 15 is 9.59 Å². The molecule has 0 radical (unpaired) electrons. The molecule has 19 N–H and O–H groups in total. The molecule has 12 aliphatic rings. The number of aromatic nitrogens is 4. The first-order chi connectivity index (χ1) is 44.9. The zero-order valence-electron chi connectivity index (χ0n) is 55.1. The number of carbonyl (C=O) groups excluding carboxylic acids is 1. The van der Waals surface area contributed by atoms with Crippen LogP contribution in [0, 0.1) is 121 Å². The van der Waals surface area contributed by atoms with Gasteiger partial charge in [-0.05, 0) is 127 Å². The molecule has 94 heavy (non-hydrogen) atoms. The molecule has 5 heterocycles. The van der Waals surface area contributed by atoms with E-state index in [1.165, 1.54) is 6.33 Å². The lowest BCUT2D eigenvalue weighted by Gasteiger charge is -2.78. The minimum absolute atomic E-state index is 0.0397. The molecule has 14 rings (SSSR count). The molecule has 2 saturated heterocycles. The first-order valence-corrected chi connectivity index (χ1v) is 35.2. The Bertz CT molecular complexity index is 3350. The second kappa shape index (κ2) is 23.9. The summed E-state index contributed by atoms with van der Waals surface area (Å²) in [7, 11) is 1.58. The number of carboxylic acids is 1. The standard InChI is InChI=1S/C70H103N11O13/c1-63(31-82)20-21-68(61(91)92)42(26-63)40-24-35-13-14-36-12-9-17-67(36)49-38(15-19-69(47-29-75-33-79-47,54(49)81-60(67)90)55(88)39(57(71)89)27-74-22-23-76-62(72)73-5)48-51(86)56(94-59-52(87)50(85)45(84)30-93-59)64(2,32-83)46-16-18-65(3,53(35)70(46,48)37-10-7-6-8-11-37)66(40,4)41-25-44-58(80-34-78-44)77-28-43(41)68/h15,19,24,29,33-39,41-43,45-46,48-57,59,74,77,82-89H,6-12,16-18,20-23,25-28,30-32,71H2,1-5H3,(H,75,79)(H,78,80)(H,81,90)(H,91,92)(H3,72,73,76)/t35-,36+,38+,39-,41-,42-,43+,45+,46+,48-,49-,50-,51+,52+,53-,54-,55-,56+,57-,59-,63-,64-,65+,66-,67-,68+,69-,70+/m0/s1. The maximum atomic E-state index is 16.4. The zero-order chi connectivity index (χ0) is 66.5. The molecular weight excluding hydrogens is 1200 g/mol. The van der Waals surface area contributed by atoms with Crippen LogP contribution in [0.3, 0.4) is 0 Å². The topological polar surface area (TPSA) is 405 Å². The summed E-state index contributed by atoms with van der Waals surface area (Å²) in [6, 6.07) is -0.950. The van der Waals surface area contributed by atoms with Crippen LogP contribution in [0.15, 0.2) is 47.6 Å². The van der Waals surface area contributed by atoms with Gasteiger partial charge in [-0.25, -0.2) is 9.97 Å². The highest BCUT2D eigenvalue weighted by Gasteiger charge is 2.82. The van der Waals surface area contributed by atoms with Crippen LogP contribution in [0.25, 0.3) is 0 Å². The number of anilines is 1. The van der Waals surface area contributed by atoms with Crippen LogP contribution < -0.4 is 32.7 Å². The minimum Gasteiger partial charge on any atom is -0.481 e. The average Bonchev–Trinajstić information content (AvgIpc) is 0.727. The van der Waals surface area contributed by atoms with E-state index in [0.29, 0.717) is 88.9 Å². The number of imidazole rings is 2. The zero-order valence-corrected chi connectivity index (χ0v) is 55.1. The summed E-state index contributed by atoms with van der Waals surface area (Å²) in [6.45, 7) is 9.14. The first-order valence-electron chi connectivity index (χ1n) is 35.2. The number of amides is 1. The number of carbonyl (C=O) groups is 2. The van der Waals surface area contributed by atoms with E-state index in [4.69, 9.17) is 25.9 Å². The van der Waals surface area contributed by atoms with Gasteiger partial charge in [0.1, 0.15) is 30.4 Å². The summed E-state index contributed by atoms with van der Waals surface area (Å²) in [5.41, 5.74) is 6.51. The highest BCUT2D eigenvalue weighted by molar-refractivity contribution is 5.88. The van der Waals surface area contributed by atoms with Crippen LogP contribution in [-0.4, -0.2) is 192 Å². The molecule has 2 aromatic rings. The Morgan fingerprint density at radius 2 is 1.71 bits per heavy atom. The van der Waals surface area contributed by atoms with Crippen molar-refractivity contribution in [2.75, 3.05) is 58.4 Å². The first kappa shape index (κ1) is 66.2. The smallest absolute Gasteiger partial charge is 0.310 e. The number of ether oxygens (including phenoxy) is 2. The summed E-state index contributed by atoms with van der Waals surface area (Å²) >= 11 is 0. The molecule has 24 nitrogen and oxygen atoms in total. The number of guanidine groups is 1. The van der Waals surface area contributed by atoms with Gasteiger partial charge < -0.3 is 98.1 Å². The van der Waals surface area contributed by atoms with Gasteiger partial charge in [-0.15, -0.1) is 0 Å². The summed E-state index contributed by atoms with van der Waals surface area (Å²) in [5, 5.41) is 125. The number of aliphatic hydroxyl groups is 8. The number of allylic oxidation sites excluding steroid dienone is 3. The van der Waals surface area contributed by atoms with E-state index in [1.807, 2.05) is 13.0 Å². The lowest BCUT2D eigenvalue weighted by atomic mass is 9.25. The third kappa shape index (κ3) is 9.02. The number of aliphatic imine (C=N–C) groups is 1. The molecule has 1 amide bonds. The summed E-state index contributed by atoms with van der Waals surface area (Å²) in [5.74, 6) is 1.22. The number of nitrogens with two attached hydrogens (primary N) is 2. The molecule has 516 valence electrons. The van der Waals surface area contributed by atoms with Gasteiger partial charge in [0.2, 0.25) is 5.91 Å². The lowest BCUT2D eigenvalue weighted by molar-refractivity contribution is -0.357. The van der Waals surface area contributed by atoms with Crippen molar-refractivity contribution in [2.45, 2.75) is 178 Å². The number of hydrogen-bond donors (Lipinski definition) is 17. The normalized spacial score (nSPS) is 47.7. The molecule has 3 aliphatic heterocycles. The summed E-state index contributed by atoms with van der Waals surface area (Å²) in [6.07, 6.45) is 8.04. The van der Waals surface area contributed by atoms with Gasteiger partial charge in [-0.2, -0.15) is 0 Å². The molecule has 8 fully saturated rings. The minimum atomic E-state index is -1.74. The van der Waals surface area contributed by atoms with Crippen molar-refractivity contribution in [1.82, 2.24) is 35.9 Å². The summed E-state index contributed by atoms with van der Waals surface area (Å²) < 4.78 is 13.3. The van der Waals surface area contributed by atoms with Crippen molar-refractivity contribution < 1.29 is 65.0 Å². The number of hydrogen-bond acceptors (Lipinski definition) is 18. The molecule has 0 unspecified atom stereocenters. The molecule has 24 heteroatoms. The van der Waals surface area contributed by atoms with Crippen LogP contribution in [0.5, 0.6) is 0 Å². The van der Waals surface area contributed by atoms with Gasteiger partial charge in [0.05, 0.1) is 72.2 Å². The van der Waals surface area contributed by atoms with Crippen LogP contribution in [0.4, 0.5) is 5.82 Å². The Balaban J connectivity index is 1.05. The third-order valence-corrected chi connectivity index (χ3v) is 28.8. The Morgan fingerprint density at radius 3 is 2.43 bits per heavy atom. The Kier molecular flexibility index (Phi) is 16.8. The molecule has 9 aliphatic carbocycles. The highest BCUT2D eigenvalue weighted by Crippen LogP contribution is 2.83. The predicted molar refractivity (Wildman–Crippen MR) is 345 cm³/mol. The van der Waals surface area contributed by atoms with Crippen molar-refractivity contribution in [3.8, 4) is 11.8 Å². The van der Waals surface area contributed by atoms with Crippen molar-refractivity contribution in [3.05, 3.63) is 54.0 Å². The Morgan fingerprint density at radius 1 is 0.926 bits per heavy atom. The monoisotopic (exact) mass is 1310 g/mol. The quantitative estimate of drug-likeness (QED) is 0.0229. The third-order valence-electron chi connectivity index (χ3n) is 28.8. The fourth-order valence-electron chi connectivity index (χ4n) is 24.5. The number of fused-ring (bicyclic) bond motifs is 9. The van der Waals surface area contributed by atoms with Crippen molar-refractivity contribution in [1.29, 1.82) is 0 Å². The van der Waals surface area contributed by atoms with E-state index < -0.39 is 170 Å². The van der Waals surface area contributed by atoms with Gasteiger partial charge in [-0.1, -0.05) is 89.0 Å². The van der Waals surface area contributed by atoms with Gasteiger partial charge in [0.25, 0.3) is 0 Å². The molecule has 0 bridgehead atoms. The second-order valence-corrected chi connectivity index (χ2v) is 32.2. The molecule has 0 aromatic carbocycles. The van der Waals surface area contributed by atoms with Gasteiger partial charge >= 0.3 is 5.97 Å². The molecule has 28 atom stereocenters. The van der Waals surface area contributed by atoms with E-state index in [1.54, 1.807) is 19.6 Å². The van der Waals surface area contributed by atoms with Crippen LogP contribution >= 0.6 is 0 Å². The fourth-order valence-corrected chi connectivity index (χ4v) is 24.5. The number of aromatic amines is 2. The van der Waals surface area contributed by atoms with E-state index in [2.05, 4.69) is 86.0 Å². The SMILES string of the molecule is CN=C(N)NCCNC[C@H]([C@@H](N)O)[C@H](O)[C@]1(c2cnc[nH]2)C=C[C@H]2[C@H]3[C@@H]1NC(=O)[C@]31CCC[C@@H]1C#C[C@H]1C=C3[C@@H]4C[C@@](C)(CO)CC[C@]4(C(=O)O)[C@@H]4CNc5nc[nH]c5C[C@@H]4[C@@]3(C)[C@]3(C)CC[C@@H]4[C@](C)(CO)[C@H](O[C@@H]5OC[C@@H](O)[C@H](O)[C@H]5O)[C@H](O)[C@H]2[C@]4(C2CCCCC2)[C@@H]13. The largest absolute Gasteiger partial charge is 0.481 e. The van der Waals surface area contributed by atoms with Gasteiger partial charge in [-0.3, -0.25) is 14.6 Å². The molecule has 2 aromatic heterocycles. The predicted octanol–water partition coefficient (Wildman–Crippen LogP) is 1.61. The maximum Gasteiger partial charge on any atom is 0.310 e. The highest BCUT2D eigenvalue weighted by atomic mass is 16.7. The Labute approximate surface area is 550 Å². The van der Waals surface area contributed by atoms with E-state index in [0.717, 1.165) is 43.4 Å². The number of rotatable bonds is 15. The molecule has 1 spiro atoms. The Hall–Kier alpha value is -5.01. The van der Waals surface area contributed by atoms with Crippen molar-refractivity contribution in [2.24, 2.45) is 125 Å². The van der Waals surface area contributed by atoms with Gasteiger partial charge in [0.15, 0.2) is 12.2 Å². The average molecular weight is 1310 g/mol. The summed E-state index contributed by atoms with van der Waals surface area (Å²) in [4.78, 5) is 51.7. The lowest BCUT2D eigenvalue weighted by Crippen LogP contribution is -2.78.